The van der Waals surface area contributed by atoms with Gasteiger partial charge in [-0.25, -0.2) is 8.42 Å². The fraction of sp³-hybridized carbons (Fsp3) is 0.304. The number of thioether (sulfide) groups is 1. The average Bonchev–Trinajstić information content (AvgIpc) is 3.11. The van der Waals surface area contributed by atoms with Crippen LogP contribution in [0.5, 0.6) is 0 Å². The molecule has 0 radical (unpaired) electrons. The van der Waals surface area contributed by atoms with E-state index in [0.717, 1.165) is 37.0 Å². The molecular weight excluding hydrogens is 528 g/mol. The predicted octanol–water partition coefficient (Wildman–Crippen LogP) is 4.98. The highest BCUT2D eigenvalue weighted by Gasteiger charge is 2.25. The first-order chi connectivity index (χ1) is 16.8. The first-order valence-corrected chi connectivity index (χ1v) is 14.6. The van der Waals surface area contributed by atoms with Crippen molar-refractivity contribution in [3.05, 3.63) is 64.7 Å². The van der Waals surface area contributed by atoms with Crippen molar-refractivity contribution in [1.82, 2.24) is 14.5 Å². The van der Waals surface area contributed by atoms with E-state index in [1.165, 1.54) is 40.3 Å². The van der Waals surface area contributed by atoms with Crippen LogP contribution in [-0.4, -0.2) is 53.5 Å². The molecule has 1 aromatic heterocycles. The Balaban J connectivity index is 1.33. The summed E-state index contributed by atoms with van der Waals surface area (Å²) in [6.45, 7) is 1.04. The number of hydrogen-bond donors (Lipinski definition) is 1. The van der Waals surface area contributed by atoms with E-state index in [1.807, 2.05) is 0 Å². The minimum absolute atomic E-state index is 0.0670. The van der Waals surface area contributed by atoms with Gasteiger partial charge in [-0.2, -0.15) is 4.31 Å². The van der Waals surface area contributed by atoms with Crippen molar-refractivity contribution >= 4 is 61.5 Å². The number of benzene rings is 2. The number of hydrogen-bond acceptors (Lipinski definition) is 8. The Hall–Kier alpha value is -2.31. The second kappa shape index (κ2) is 11.6. The molecule has 1 N–H and O–H groups in total. The summed E-state index contributed by atoms with van der Waals surface area (Å²) in [6.07, 6.45) is 3.79. The number of sulfonamides is 1. The van der Waals surface area contributed by atoms with Crippen LogP contribution < -0.4 is 5.32 Å². The number of halogens is 1. The van der Waals surface area contributed by atoms with Gasteiger partial charge in [-0.15, -0.1) is 10.2 Å². The van der Waals surface area contributed by atoms with Crippen molar-refractivity contribution < 1.29 is 18.0 Å². The lowest BCUT2D eigenvalue weighted by Crippen LogP contribution is -2.31. The molecule has 8 nitrogen and oxygen atoms in total. The highest BCUT2D eigenvalue weighted by Crippen LogP contribution is 2.27. The smallest absolute Gasteiger partial charge is 0.257 e. The lowest BCUT2D eigenvalue weighted by molar-refractivity contribution is 0.101. The highest BCUT2D eigenvalue weighted by molar-refractivity contribution is 8.01. The number of amides is 1. The van der Waals surface area contributed by atoms with Gasteiger partial charge in [-0.1, -0.05) is 47.5 Å². The van der Waals surface area contributed by atoms with E-state index in [0.29, 0.717) is 33.6 Å². The Morgan fingerprint density at radius 1 is 0.943 bits per heavy atom. The van der Waals surface area contributed by atoms with Gasteiger partial charge in [0.25, 0.3) is 5.91 Å². The first-order valence-electron chi connectivity index (χ1n) is 11.0. The number of rotatable bonds is 8. The largest absolute Gasteiger partial charge is 0.296 e. The zero-order valence-electron chi connectivity index (χ0n) is 18.6. The maximum Gasteiger partial charge on any atom is 0.257 e. The number of Topliss-reactive ketones (excluding diaryl/α,β-unsaturated/α-hetero) is 1. The number of nitrogens with one attached hydrogen (secondary N) is 1. The van der Waals surface area contributed by atoms with E-state index in [9.17, 15) is 18.0 Å². The van der Waals surface area contributed by atoms with E-state index < -0.39 is 15.9 Å². The van der Waals surface area contributed by atoms with E-state index in [2.05, 4.69) is 15.5 Å². The minimum Gasteiger partial charge on any atom is -0.296 e. The highest BCUT2D eigenvalue weighted by atomic mass is 35.5. The molecule has 184 valence electrons. The van der Waals surface area contributed by atoms with Crippen LogP contribution in [0.2, 0.25) is 5.02 Å². The third-order valence-electron chi connectivity index (χ3n) is 5.44. The third-order valence-corrected chi connectivity index (χ3v) is 9.58. The van der Waals surface area contributed by atoms with Crippen molar-refractivity contribution in [2.75, 3.05) is 24.2 Å². The second-order valence-corrected chi connectivity index (χ2v) is 12.5. The molecule has 12 heteroatoms. The molecule has 2 aromatic carbocycles. The Labute approximate surface area is 217 Å². The fourth-order valence-electron chi connectivity index (χ4n) is 3.54. The maximum absolute atomic E-state index is 12.9. The van der Waals surface area contributed by atoms with Gasteiger partial charge in [0.15, 0.2) is 10.1 Å². The van der Waals surface area contributed by atoms with E-state index in [1.54, 1.807) is 24.3 Å². The second-order valence-electron chi connectivity index (χ2n) is 7.89. The van der Waals surface area contributed by atoms with Crippen LogP contribution in [-0.2, 0) is 10.0 Å². The van der Waals surface area contributed by atoms with Gasteiger partial charge in [-0.3, -0.25) is 14.9 Å². The summed E-state index contributed by atoms with van der Waals surface area (Å²) in [7, 11) is -3.57. The number of aromatic nitrogens is 2. The Morgan fingerprint density at radius 3 is 2.23 bits per heavy atom. The molecule has 0 atom stereocenters. The van der Waals surface area contributed by atoms with Crippen LogP contribution in [0.25, 0.3) is 0 Å². The van der Waals surface area contributed by atoms with Crippen molar-refractivity contribution in [3.63, 3.8) is 0 Å². The molecule has 0 unspecified atom stereocenters. The lowest BCUT2D eigenvalue weighted by Gasteiger charge is -2.20. The van der Waals surface area contributed by atoms with Crippen LogP contribution in [0.1, 0.15) is 46.4 Å². The molecule has 1 aliphatic heterocycles. The van der Waals surface area contributed by atoms with Gasteiger partial charge in [0.1, 0.15) is 0 Å². The number of nitrogens with zero attached hydrogens (tertiary/aromatic N) is 3. The molecule has 0 bridgehead atoms. The van der Waals surface area contributed by atoms with Crippen LogP contribution in [0.4, 0.5) is 5.13 Å². The van der Waals surface area contributed by atoms with Gasteiger partial charge in [0.2, 0.25) is 15.2 Å². The zero-order valence-corrected chi connectivity index (χ0v) is 21.9. The molecule has 1 amide bonds. The summed E-state index contributed by atoms with van der Waals surface area (Å²) in [5.41, 5.74) is 0.864. The van der Waals surface area contributed by atoms with E-state index in [-0.39, 0.29) is 21.6 Å². The predicted molar refractivity (Wildman–Crippen MR) is 138 cm³/mol. The maximum atomic E-state index is 12.9. The average molecular weight is 551 g/mol. The quantitative estimate of drug-likeness (QED) is 0.239. The molecular formula is C23H23ClN4O4S3. The van der Waals surface area contributed by atoms with Crippen molar-refractivity contribution in [1.29, 1.82) is 0 Å². The van der Waals surface area contributed by atoms with Crippen molar-refractivity contribution in [2.24, 2.45) is 0 Å². The number of ketones is 1. The molecule has 3 aromatic rings. The van der Waals surface area contributed by atoms with Crippen LogP contribution >= 0.6 is 34.7 Å². The first kappa shape index (κ1) is 25.8. The monoisotopic (exact) mass is 550 g/mol. The van der Waals surface area contributed by atoms with Gasteiger partial charge in [0.05, 0.1) is 10.6 Å². The van der Waals surface area contributed by atoms with Crippen molar-refractivity contribution in [3.8, 4) is 0 Å². The van der Waals surface area contributed by atoms with Crippen molar-refractivity contribution in [2.45, 2.75) is 34.9 Å². The summed E-state index contributed by atoms with van der Waals surface area (Å²) in [5.74, 6) is -0.312. The molecule has 0 spiro atoms. The topological polar surface area (TPSA) is 109 Å². The van der Waals surface area contributed by atoms with E-state index >= 15 is 0 Å². The minimum atomic E-state index is -3.57. The summed E-state index contributed by atoms with van der Waals surface area (Å²) >= 11 is 8.23. The Kier molecular flexibility index (Phi) is 8.55. The molecule has 4 rings (SSSR count). The Bertz CT molecular complexity index is 1290. The fourth-order valence-corrected chi connectivity index (χ4v) is 6.83. The Morgan fingerprint density at radius 2 is 1.57 bits per heavy atom. The third kappa shape index (κ3) is 6.68. The van der Waals surface area contributed by atoms with Crippen LogP contribution in [0.15, 0.2) is 57.8 Å². The zero-order chi connectivity index (χ0) is 24.8. The SMILES string of the molecule is O=C(CSc1nnc(NC(=O)c2ccc(S(=O)(=O)N3CCCCCC3)cc2)s1)c1ccc(Cl)cc1. The summed E-state index contributed by atoms with van der Waals surface area (Å²) in [4.78, 5) is 25.1. The van der Waals surface area contributed by atoms with Crippen LogP contribution in [0, 0.1) is 0 Å². The number of carbonyl (C=O) groups is 2. The standard InChI is InChI=1S/C23H23ClN4O4S3/c24-18-9-5-16(6-10-18)20(29)15-33-23-27-26-22(34-23)25-21(30)17-7-11-19(12-8-17)35(31,32)28-13-3-1-2-4-14-28/h5-12H,1-4,13-15H2,(H,25,26,30). The lowest BCUT2D eigenvalue weighted by atomic mass is 10.1. The summed E-state index contributed by atoms with van der Waals surface area (Å²) < 4.78 is 27.9. The number of anilines is 1. The normalized spacial score (nSPS) is 14.9. The van der Waals surface area contributed by atoms with Gasteiger partial charge in [-0.05, 0) is 61.4 Å². The van der Waals surface area contributed by atoms with Gasteiger partial charge >= 0.3 is 0 Å². The molecule has 2 heterocycles. The molecule has 0 aliphatic carbocycles. The van der Waals surface area contributed by atoms with Crippen LogP contribution in [0.3, 0.4) is 0 Å². The molecule has 35 heavy (non-hydrogen) atoms. The summed E-state index contributed by atoms with van der Waals surface area (Å²) in [6, 6.07) is 12.5. The molecule has 0 saturated carbocycles. The number of carbonyl (C=O) groups excluding carboxylic acids is 2. The summed E-state index contributed by atoms with van der Waals surface area (Å²) in [5, 5.41) is 11.5. The molecule has 1 aliphatic rings. The van der Waals surface area contributed by atoms with E-state index in [4.69, 9.17) is 11.6 Å². The molecule has 1 saturated heterocycles. The van der Waals surface area contributed by atoms with Gasteiger partial charge < -0.3 is 0 Å². The van der Waals surface area contributed by atoms with Gasteiger partial charge in [0, 0.05) is 29.2 Å². The molecule has 1 fully saturated rings.